The lowest BCUT2D eigenvalue weighted by atomic mass is 10.2. The molecule has 0 atom stereocenters. The Balaban J connectivity index is 1.64. The molecule has 3 N–H and O–H groups in total. The molecule has 0 aliphatic carbocycles. The van der Waals surface area contributed by atoms with Crippen molar-refractivity contribution in [3.8, 4) is 0 Å². The number of anilines is 2. The van der Waals surface area contributed by atoms with E-state index in [9.17, 15) is 23.2 Å². The molecule has 35 heavy (non-hydrogen) atoms. The molecule has 7 nitrogen and oxygen atoms in total. The van der Waals surface area contributed by atoms with Crippen LogP contribution in [0.3, 0.4) is 0 Å². The summed E-state index contributed by atoms with van der Waals surface area (Å²) in [5.74, 6) is -4.76. The van der Waals surface area contributed by atoms with E-state index in [1.165, 1.54) is 4.68 Å². The van der Waals surface area contributed by atoms with Crippen LogP contribution in [0.25, 0.3) is 10.9 Å². The van der Waals surface area contributed by atoms with Gasteiger partial charge >= 0.3 is 11.8 Å². The second-order valence-corrected chi connectivity index (χ2v) is 9.33. The maximum absolute atomic E-state index is 13.9. The Morgan fingerprint density at radius 3 is 2.20 bits per heavy atom. The lowest BCUT2D eigenvalue weighted by Crippen LogP contribution is -2.36. The van der Waals surface area contributed by atoms with Gasteiger partial charge in [-0.05, 0) is 67.1 Å². The Labute approximate surface area is 214 Å². The van der Waals surface area contributed by atoms with Crippen LogP contribution in [-0.4, -0.2) is 22.4 Å². The number of rotatable bonds is 4. The minimum atomic E-state index is -1.20. The number of hydrogen-bond acceptors (Lipinski definition) is 3. The highest BCUT2D eigenvalue weighted by molar-refractivity contribution is 9.10. The summed E-state index contributed by atoms with van der Waals surface area (Å²) in [6, 6.07) is 14.5. The van der Waals surface area contributed by atoms with Crippen LogP contribution in [0.1, 0.15) is 16.1 Å². The number of aromatic nitrogens is 1. The number of carbonyl (C=O) groups excluding carboxylic acids is 3. The zero-order valence-electron chi connectivity index (χ0n) is 18.0. The van der Waals surface area contributed by atoms with Gasteiger partial charge in [0.1, 0.15) is 17.3 Å². The van der Waals surface area contributed by atoms with E-state index in [0.29, 0.717) is 22.7 Å². The highest BCUT2D eigenvalue weighted by Gasteiger charge is 2.22. The molecule has 4 aromatic rings. The summed E-state index contributed by atoms with van der Waals surface area (Å²) in [4.78, 5) is 38.2. The summed E-state index contributed by atoms with van der Waals surface area (Å²) < 4.78 is 29.8. The number of nitrogens with one attached hydrogen (secondary N) is 3. The SMILES string of the molecule is Cc1cc(Br)ccc1NC(=O)c1cc2cc(Br)ccc2n1NC(=O)C(=O)Nc1ccc(F)cc1F. The molecule has 0 bridgehead atoms. The van der Waals surface area contributed by atoms with Gasteiger partial charge < -0.3 is 10.6 Å². The van der Waals surface area contributed by atoms with Crippen LogP contribution in [0.2, 0.25) is 0 Å². The number of amides is 3. The van der Waals surface area contributed by atoms with E-state index in [1.807, 2.05) is 13.0 Å². The molecule has 0 saturated heterocycles. The topological polar surface area (TPSA) is 92.2 Å². The predicted octanol–water partition coefficient (Wildman–Crippen LogP) is 5.71. The number of benzene rings is 3. The first-order valence-electron chi connectivity index (χ1n) is 10.1. The normalized spacial score (nSPS) is 10.8. The molecular weight excluding hydrogens is 590 g/mol. The summed E-state index contributed by atoms with van der Waals surface area (Å²) >= 11 is 6.74. The maximum atomic E-state index is 13.9. The Morgan fingerprint density at radius 1 is 0.800 bits per heavy atom. The summed E-state index contributed by atoms with van der Waals surface area (Å²) in [6.07, 6.45) is 0. The van der Waals surface area contributed by atoms with Crippen LogP contribution in [0.4, 0.5) is 20.2 Å². The van der Waals surface area contributed by atoms with Gasteiger partial charge in [0.05, 0.1) is 11.2 Å². The zero-order valence-corrected chi connectivity index (χ0v) is 21.1. The summed E-state index contributed by atoms with van der Waals surface area (Å²) in [7, 11) is 0. The molecule has 1 aromatic heterocycles. The van der Waals surface area contributed by atoms with Crippen LogP contribution >= 0.6 is 31.9 Å². The zero-order chi connectivity index (χ0) is 25.3. The lowest BCUT2D eigenvalue weighted by Gasteiger charge is -2.14. The summed E-state index contributed by atoms with van der Waals surface area (Å²) in [5.41, 5.74) is 3.88. The first kappa shape index (κ1) is 24.6. The third kappa shape index (κ3) is 5.41. The molecule has 0 radical (unpaired) electrons. The van der Waals surface area contributed by atoms with Gasteiger partial charge in [0.15, 0.2) is 0 Å². The van der Waals surface area contributed by atoms with Gasteiger partial charge in [-0.25, -0.2) is 13.5 Å². The average Bonchev–Trinajstić information content (AvgIpc) is 3.14. The summed E-state index contributed by atoms with van der Waals surface area (Å²) in [6.45, 7) is 1.83. The Hall–Kier alpha value is -3.57. The number of fused-ring (bicyclic) bond motifs is 1. The van der Waals surface area contributed by atoms with E-state index in [0.717, 1.165) is 26.6 Å². The monoisotopic (exact) mass is 604 g/mol. The third-order valence-electron chi connectivity index (χ3n) is 5.03. The fourth-order valence-electron chi connectivity index (χ4n) is 3.35. The van der Waals surface area contributed by atoms with Gasteiger partial charge in [-0.3, -0.25) is 19.8 Å². The van der Waals surface area contributed by atoms with Crippen LogP contribution in [0.5, 0.6) is 0 Å². The first-order chi connectivity index (χ1) is 16.6. The molecule has 0 aliphatic heterocycles. The molecule has 11 heteroatoms. The number of nitrogens with zero attached hydrogens (tertiary/aromatic N) is 1. The second kappa shape index (κ2) is 9.96. The largest absolute Gasteiger partial charge is 0.328 e. The molecule has 0 aliphatic rings. The minimum absolute atomic E-state index is 0.0505. The van der Waals surface area contributed by atoms with E-state index < -0.39 is 29.4 Å². The first-order valence-corrected chi connectivity index (χ1v) is 11.7. The number of hydrogen-bond donors (Lipinski definition) is 3. The predicted molar refractivity (Wildman–Crippen MR) is 136 cm³/mol. The molecule has 178 valence electrons. The second-order valence-electron chi connectivity index (χ2n) is 7.50. The molecule has 0 fully saturated rings. The molecule has 3 aromatic carbocycles. The molecule has 0 spiro atoms. The van der Waals surface area contributed by atoms with Crippen molar-refractivity contribution in [1.29, 1.82) is 0 Å². The van der Waals surface area contributed by atoms with Crippen LogP contribution < -0.4 is 16.1 Å². The van der Waals surface area contributed by atoms with Crippen molar-refractivity contribution in [2.75, 3.05) is 16.1 Å². The Morgan fingerprint density at radius 2 is 1.49 bits per heavy atom. The minimum Gasteiger partial charge on any atom is -0.320 e. The molecule has 0 unspecified atom stereocenters. The van der Waals surface area contributed by atoms with Gasteiger partial charge in [0.25, 0.3) is 5.91 Å². The maximum Gasteiger partial charge on any atom is 0.328 e. The number of halogens is 4. The van der Waals surface area contributed by atoms with Crippen LogP contribution in [0, 0.1) is 18.6 Å². The number of carbonyl (C=O) groups is 3. The van der Waals surface area contributed by atoms with Crippen molar-refractivity contribution in [3.63, 3.8) is 0 Å². The van der Waals surface area contributed by atoms with Crippen molar-refractivity contribution in [2.24, 2.45) is 0 Å². The van der Waals surface area contributed by atoms with Crippen LogP contribution in [0.15, 0.2) is 69.6 Å². The molecule has 1 heterocycles. The lowest BCUT2D eigenvalue weighted by molar-refractivity contribution is -0.133. The standard InChI is InChI=1S/C24H16Br2F2N4O3/c1-12-8-14(25)2-5-18(12)29-22(33)21-10-13-9-15(26)3-7-20(13)32(21)31-24(35)23(34)30-19-6-4-16(27)11-17(19)28/h2-11H,1H3,(H,29,33)(H,30,34)(H,31,35). The number of aryl methyl sites for hydroxylation is 1. The molecule has 4 rings (SSSR count). The molecule has 0 saturated carbocycles. The average molecular weight is 606 g/mol. The quantitative estimate of drug-likeness (QED) is 0.260. The smallest absolute Gasteiger partial charge is 0.320 e. The highest BCUT2D eigenvalue weighted by atomic mass is 79.9. The van der Waals surface area contributed by atoms with Crippen molar-refractivity contribution >= 4 is 71.9 Å². The van der Waals surface area contributed by atoms with E-state index in [1.54, 1.807) is 36.4 Å². The van der Waals surface area contributed by atoms with E-state index in [4.69, 9.17) is 0 Å². The van der Waals surface area contributed by atoms with Crippen molar-refractivity contribution < 1.29 is 23.2 Å². The Kier molecular flexibility index (Phi) is 6.99. The fourth-order valence-corrected chi connectivity index (χ4v) is 4.20. The van der Waals surface area contributed by atoms with E-state index >= 15 is 0 Å². The molecule has 3 amide bonds. The van der Waals surface area contributed by atoms with Crippen molar-refractivity contribution in [3.05, 3.63) is 92.5 Å². The molecular formula is C24H16Br2F2N4O3. The van der Waals surface area contributed by atoms with Crippen molar-refractivity contribution in [1.82, 2.24) is 4.68 Å². The van der Waals surface area contributed by atoms with Crippen molar-refractivity contribution in [2.45, 2.75) is 6.92 Å². The van der Waals surface area contributed by atoms with E-state index in [2.05, 4.69) is 47.9 Å². The van der Waals surface area contributed by atoms with E-state index in [-0.39, 0.29) is 11.4 Å². The van der Waals surface area contributed by atoms with Gasteiger partial charge in [0, 0.05) is 26.1 Å². The fraction of sp³-hybridized carbons (Fsp3) is 0.0417. The van der Waals surface area contributed by atoms with Gasteiger partial charge in [-0.2, -0.15) is 0 Å². The van der Waals surface area contributed by atoms with Gasteiger partial charge in [-0.15, -0.1) is 0 Å². The highest BCUT2D eigenvalue weighted by Crippen LogP contribution is 2.25. The Bertz CT molecular complexity index is 1500. The van der Waals surface area contributed by atoms with Crippen LogP contribution in [-0.2, 0) is 9.59 Å². The third-order valence-corrected chi connectivity index (χ3v) is 6.02. The van der Waals surface area contributed by atoms with Gasteiger partial charge in [-0.1, -0.05) is 31.9 Å². The summed E-state index contributed by atoms with van der Waals surface area (Å²) in [5, 5.41) is 5.50. The van der Waals surface area contributed by atoms with Gasteiger partial charge in [0.2, 0.25) is 0 Å².